The lowest BCUT2D eigenvalue weighted by Crippen LogP contribution is -2.10. The van der Waals surface area contributed by atoms with E-state index in [4.69, 9.17) is 15.0 Å². The van der Waals surface area contributed by atoms with Gasteiger partial charge in [-0.2, -0.15) is 5.26 Å². The van der Waals surface area contributed by atoms with Gasteiger partial charge in [-0.25, -0.2) is 4.98 Å². The lowest BCUT2D eigenvalue weighted by atomic mass is 10.1. The molecule has 1 heterocycles. The Morgan fingerprint density at radius 2 is 1.86 bits per heavy atom. The highest BCUT2D eigenvalue weighted by Crippen LogP contribution is 2.30. The second-order valence-corrected chi connectivity index (χ2v) is 7.01. The van der Waals surface area contributed by atoms with Gasteiger partial charge in [-0.15, -0.1) is 0 Å². The van der Waals surface area contributed by atoms with Crippen molar-refractivity contribution in [2.45, 2.75) is 45.6 Å². The molecule has 3 aromatic rings. The smallest absolute Gasteiger partial charge is 0.182 e. The third-order valence-electron chi connectivity index (χ3n) is 4.92. The van der Waals surface area contributed by atoms with Crippen molar-refractivity contribution in [2.75, 3.05) is 0 Å². The zero-order chi connectivity index (χ0) is 20.6. The normalized spacial score (nSPS) is 11.6. The summed E-state index contributed by atoms with van der Waals surface area (Å²) in [5.74, 6) is 0.749. The van der Waals surface area contributed by atoms with Crippen molar-refractivity contribution in [2.24, 2.45) is 0 Å². The van der Waals surface area contributed by atoms with Crippen LogP contribution in [0, 0.1) is 11.3 Å². The van der Waals surface area contributed by atoms with E-state index in [2.05, 4.69) is 13.0 Å². The van der Waals surface area contributed by atoms with Gasteiger partial charge in [0.15, 0.2) is 5.75 Å². The van der Waals surface area contributed by atoms with E-state index in [0.29, 0.717) is 17.7 Å². The van der Waals surface area contributed by atoms with E-state index in [1.54, 1.807) is 24.3 Å². The number of hydrogen-bond donors (Lipinski definition) is 0. The first-order chi connectivity index (χ1) is 14.1. The minimum absolute atomic E-state index is 0.0471. The molecule has 0 aliphatic carbocycles. The molecule has 0 amide bonds. The number of nitriles is 1. The average molecular weight is 385 g/mol. The largest absolute Gasteiger partial charge is 0.484 e. The van der Waals surface area contributed by atoms with Crippen LogP contribution in [0.5, 0.6) is 11.5 Å². The van der Waals surface area contributed by atoms with Crippen LogP contribution in [0.1, 0.15) is 56.0 Å². The van der Waals surface area contributed by atoms with Crippen LogP contribution in [0.4, 0.5) is 0 Å². The quantitative estimate of drug-likeness (QED) is 0.437. The van der Waals surface area contributed by atoms with Gasteiger partial charge >= 0.3 is 0 Å². The van der Waals surface area contributed by atoms with E-state index >= 15 is 0 Å². The minimum Gasteiger partial charge on any atom is -0.484 e. The Morgan fingerprint density at radius 3 is 2.55 bits per heavy atom. The number of benzene rings is 2. The first-order valence-electron chi connectivity index (χ1n) is 10.1. The fourth-order valence-electron chi connectivity index (χ4n) is 3.23. The van der Waals surface area contributed by atoms with E-state index in [1.165, 1.54) is 0 Å². The summed E-state index contributed by atoms with van der Waals surface area (Å²) in [7, 11) is 0. The summed E-state index contributed by atoms with van der Waals surface area (Å²) in [5, 5.41) is 20.9. The topological polar surface area (TPSA) is 65.8 Å². The molecule has 0 spiro atoms. The van der Waals surface area contributed by atoms with E-state index in [1.807, 2.05) is 43.3 Å². The molecule has 0 saturated carbocycles. The Hall–Kier alpha value is -3.32. The molecule has 29 heavy (non-hydrogen) atoms. The third kappa shape index (κ3) is 5.14. The summed E-state index contributed by atoms with van der Waals surface area (Å²) < 4.78 is 6.28. The molecule has 0 fully saturated rings. The van der Waals surface area contributed by atoms with Crippen molar-refractivity contribution in [1.82, 2.24) is 4.98 Å². The van der Waals surface area contributed by atoms with Crippen molar-refractivity contribution in [1.29, 1.82) is 5.26 Å². The maximum atomic E-state index is 11.9. The maximum absolute atomic E-state index is 11.9. The van der Waals surface area contributed by atoms with Gasteiger partial charge in [-0.3, -0.25) is 5.11 Å². The van der Waals surface area contributed by atoms with Gasteiger partial charge in [0.25, 0.3) is 0 Å². The number of aryl methyl sites for hydroxylation is 1. The van der Waals surface area contributed by atoms with Crippen LogP contribution in [-0.4, -0.2) is 4.98 Å². The lowest BCUT2D eigenvalue weighted by Gasteiger charge is -2.20. The predicted octanol–water partition coefficient (Wildman–Crippen LogP) is 6.64. The van der Waals surface area contributed by atoms with Gasteiger partial charge < -0.3 is 4.74 Å². The third-order valence-corrected chi connectivity index (χ3v) is 4.92. The second kappa shape index (κ2) is 9.75. The average Bonchev–Trinajstić information content (AvgIpc) is 2.77. The summed E-state index contributed by atoms with van der Waals surface area (Å²) in [4.78, 5) is 4.84. The summed E-state index contributed by atoms with van der Waals surface area (Å²) in [6.45, 7) is 4.12. The molecule has 1 unspecified atom stereocenters. The van der Waals surface area contributed by atoms with Crippen LogP contribution < -0.4 is 4.74 Å². The van der Waals surface area contributed by atoms with E-state index in [-0.39, 0.29) is 11.9 Å². The van der Waals surface area contributed by atoms with Gasteiger partial charge in [-0.05, 0) is 61.7 Å². The van der Waals surface area contributed by atoms with Crippen LogP contribution in [0.3, 0.4) is 0 Å². The van der Waals surface area contributed by atoms with Crippen molar-refractivity contribution in [3.05, 3.63) is 77.5 Å². The predicted molar refractivity (Wildman–Crippen MR) is 113 cm³/mol. The summed E-state index contributed by atoms with van der Waals surface area (Å²) in [5.41, 5.74) is 4.06. The molecule has 0 bridgehead atoms. The van der Waals surface area contributed by atoms with Crippen LogP contribution in [0.25, 0.3) is 11.3 Å². The molecule has 0 aliphatic rings. The molecule has 0 aliphatic heterocycles. The summed E-state index contributed by atoms with van der Waals surface area (Å²) in [6, 6.07) is 20.6. The van der Waals surface area contributed by atoms with Crippen molar-refractivity contribution in [3.63, 3.8) is 0 Å². The molecule has 4 heteroatoms. The van der Waals surface area contributed by atoms with E-state index < -0.39 is 0 Å². The highest BCUT2D eigenvalue weighted by Gasteiger charge is 2.17. The number of unbranched alkanes of at least 4 members (excludes halogenated alkanes) is 1. The molecular weight excluding hydrogens is 360 g/mol. The van der Waals surface area contributed by atoms with Crippen LogP contribution >= 0.6 is 0 Å². The molecule has 2 aromatic carbocycles. The minimum atomic E-state index is -0.185. The van der Waals surface area contributed by atoms with Gasteiger partial charge in [0.2, 0.25) is 0 Å². The van der Waals surface area contributed by atoms with E-state index in [0.717, 1.165) is 41.8 Å². The Balaban J connectivity index is 1.89. The fourth-order valence-corrected chi connectivity index (χ4v) is 3.23. The highest BCUT2D eigenvalue weighted by molar-refractivity contribution is 5.60. The van der Waals surface area contributed by atoms with E-state index in [9.17, 15) is 5.11 Å². The van der Waals surface area contributed by atoms with Crippen LogP contribution in [0.15, 0.2) is 60.7 Å². The molecule has 1 atom stereocenters. The molecule has 0 saturated heterocycles. The Kier molecular flexibility index (Phi) is 6.86. The Morgan fingerprint density at radius 1 is 1.07 bits per heavy atom. The highest BCUT2D eigenvalue weighted by atomic mass is 16.5. The Labute approximate surface area is 172 Å². The number of aromatic nitrogens is 1. The summed E-state index contributed by atoms with van der Waals surface area (Å²) in [6.07, 6.45) is 3.43. The number of rotatable bonds is 8. The van der Waals surface area contributed by atoms with Gasteiger partial charge in [-0.1, -0.05) is 38.5 Å². The number of nitrogens with zero attached hydrogens (tertiary/aromatic N) is 2. The Bertz CT molecular complexity index is 990. The second-order valence-electron chi connectivity index (χ2n) is 7.01. The zero-order valence-electron chi connectivity index (χ0n) is 16.9. The molecule has 3 rings (SSSR count). The molecule has 4 nitrogen and oxygen atoms in total. The standard InChI is InChI=1S/C25H25N2O2/c1-3-5-9-25(29-21-14-15-24(28)19(4-2)16-21)23-8-6-7-22(27-23)20-12-10-18(17-26)11-13-20/h6-8,10-16,25H,3-5,9H2,1-2H3. The first kappa shape index (κ1) is 20.4. The number of pyridine rings is 1. The van der Waals surface area contributed by atoms with Gasteiger partial charge in [0.05, 0.1) is 23.0 Å². The zero-order valence-corrected chi connectivity index (χ0v) is 16.9. The molecular formula is C25H25N2O2. The summed E-state index contributed by atoms with van der Waals surface area (Å²) >= 11 is 0. The van der Waals surface area contributed by atoms with Crippen molar-refractivity contribution >= 4 is 0 Å². The monoisotopic (exact) mass is 385 g/mol. The maximum Gasteiger partial charge on any atom is 0.182 e. The van der Waals surface area contributed by atoms with Crippen LogP contribution in [0.2, 0.25) is 0 Å². The lowest BCUT2D eigenvalue weighted by molar-refractivity contribution is 0.186. The molecule has 1 radical (unpaired) electrons. The van der Waals surface area contributed by atoms with Crippen molar-refractivity contribution < 1.29 is 9.84 Å². The van der Waals surface area contributed by atoms with Crippen molar-refractivity contribution in [3.8, 4) is 28.8 Å². The fraction of sp³-hybridized carbons (Fsp3) is 0.280. The number of hydrogen-bond acceptors (Lipinski definition) is 3. The SMILES string of the molecule is CCCCC(Oc1ccc([O])c(CC)c1)c1cccc(-c2ccc(C#N)cc2)n1. The van der Waals surface area contributed by atoms with Gasteiger partial charge in [0, 0.05) is 11.1 Å². The molecule has 147 valence electrons. The molecule has 1 aromatic heterocycles. The molecule has 0 N–H and O–H groups in total. The van der Waals surface area contributed by atoms with Gasteiger partial charge in [0.1, 0.15) is 11.9 Å². The number of ether oxygens (including phenoxy) is 1. The van der Waals surface area contributed by atoms with Crippen LogP contribution in [-0.2, 0) is 11.5 Å². The first-order valence-corrected chi connectivity index (χ1v) is 10.1.